The first-order chi connectivity index (χ1) is 18.0. The second-order valence-corrected chi connectivity index (χ2v) is 10.0. The largest absolute Gasteiger partial charge is 0.480 e. The van der Waals surface area contributed by atoms with Gasteiger partial charge >= 0.3 is 5.97 Å². The Balaban J connectivity index is 2.14. The molecule has 1 aliphatic heterocycles. The average molecular weight is 532 g/mol. The zero-order valence-electron chi connectivity index (χ0n) is 22.1. The second kappa shape index (κ2) is 14.9. The van der Waals surface area contributed by atoms with Crippen LogP contribution in [0.25, 0.3) is 0 Å². The van der Waals surface area contributed by atoms with E-state index in [2.05, 4.69) is 15.6 Å². The number of carbonyl (C=O) groups excluding carboxylic acids is 3. The number of carboxylic acids is 1. The number of aliphatic carboxylic acids is 1. The monoisotopic (exact) mass is 531 g/mol. The molecule has 1 aromatic rings. The van der Waals surface area contributed by atoms with Gasteiger partial charge in [0.25, 0.3) is 0 Å². The van der Waals surface area contributed by atoms with Gasteiger partial charge in [0, 0.05) is 19.5 Å². The number of likely N-dealkylation sites (tertiary alicyclic amines) is 1. The normalized spacial score (nSPS) is 17.4. The van der Waals surface area contributed by atoms with Crippen LogP contribution in [0, 0.1) is 5.92 Å². The lowest BCUT2D eigenvalue weighted by Gasteiger charge is -2.29. The number of guanidine groups is 1. The fraction of sp³-hybridized carbons (Fsp3) is 0.577. The van der Waals surface area contributed by atoms with E-state index in [-0.39, 0.29) is 37.2 Å². The number of carboxylic acid groups (broad SMARTS) is 1. The molecule has 1 saturated heterocycles. The Hall–Kier alpha value is -3.67. The number of amides is 3. The Labute approximate surface area is 223 Å². The van der Waals surface area contributed by atoms with Gasteiger partial charge in [0.1, 0.15) is 18.1 Å². The molecule has 3 amide bonds. The van der Waals surface area contributed by atoms with Crippen LogP contribution in [0.4, 0.5) is 0 Å². The molecule has 1 heterocycles. The number of hydrogen-bond donors (Lipinski definition) is 6. The van der Waals surface area contributed by atoms with E-state index in [0.717, 1.165) is 5.56 Å². The summed E-state index contributed by atoms with van der Waals surface area (Å²) in [5, 5.41) is 15.0. The third kappa shape index (κ3) is 9.66. The van der Waals surface area contributed by atoms with Gasteiger partial charge in [-0.1, -0.05) is 44.2 Å². The van der Waals surface area contributed by atoms with Gasteiger partial charge in [-0.3, -0.25) is 19.4 Å². The lowest BCUT2D eigenvalue weighted by molar-refractivity contribution is -0.143. The van der Waals surface area contributed by atoms with Crippen molar-refractivity contribution in [3.63, 3.8) is 0 Å². The van der Waals surface area contributed by atoms with Crippen molar-refractivity contribution in [1.29, 1.82) is 0 Å². The van der Waals surface area contributed by atoms with E-state index in [9.17, 15) is 24.3 Å². The second-order valence-electron chi connectivity index (χ2n) is 10.0. The van der Waals surface area contributed by atoms with E-state index in [1.165, 1.54) is 4.90 Å². The van der Waals surface area contributed by atoms with Crippen molar-refractivity contribution in [2.24, 2.45) is 28.1 Å². The molecule has 4 unspecified atom stereocenters. The minimum absolute atomic E-state index is 0.0786. The predicted octanol–water partition coefficient (Wildman–Crippen LogP) is -0.299. The molecule has 0 aromatic heterocycles. The van der Waals surface area contributed by atoms with E-state index in [4.69, 9.17) is 17.2 Å². The maximum absolute atomic E-state index is 13.3. The van der Waals surface area contributed by atoms with Crippen molar-refractivity contribution >= 4 is 29.7 Å². The first kappa shape index (κ1) is 30.6. The Morgan fingerprint density at radius 2 is 1.79 bits per heavy atom. The maximum Gasteiger partial charge on any atom is 0.326 e. The smallest absolute Gasteiger partial charge is 0.326 e. The highest BCUT2D eigenvalue weighted by atomic mass is 16.4. The van der Waals surface area contributed by atoms with Crippen LogP contribution in [0.2, 0.25) is 0 Å². The predicted molar refractivity (Wildman–Crippen MR) is 144 cm³/mol. The minimum atomic E-state index is -1.19. The first-order valence-corrected chi connectivity index (χ1v) is 13.0. The molecule has 9 N–H and O–H groups in total. The zero-order valence-corrected chi connectivity index (χ0v) is 22.1. The summed E-state index contributed by atoms with van der Waals surface area (Å²) in [5.74, 6) is -2.48. The first-order valence-electron chi connectivity index (χ1n) is 13.0. The number of carbonyl (C=O) groups is 4. The van der Waals surface area contributed by atoms with Crippen molar-refractivity contribution in [1.82, 2.24) is 15.5 Å². The maximum atomic E-state index is 13.3. The summed E-state index contributed by atoms with van der Waals surface area (Å²) in [6, 6.07) is 5.21. The summed E-state index contributed by atoms with van der Waals surface area (Å²) in [5.41, 5.74) is 17.6. The highest BCUT2D eigenvalue weighted by Gasteiger charge is 2.38. The van der Waals surface area contributed by atoms with Crippen molar-refractivity contribution < 1.29 is 24.3 Å². The number of nitrogens with two attached hydrogens (primary N) is 3. The Kier molecular flexibility index (Phi) is 12.0. The van der Waals surface area contributed by atoms with Crippen LogP contribution >= 0.6 is 0 Å². The molecular weight excluding hydrogens is 490 g/mol. The van der Waals surface area contributed by atoms with Crippen LogP contribution < -0.4 is 27.8 Å². The quantitative estimate of drug-likeness (QED) is 0.106. The van der Waals surface area contributed by atoms with Gasteiger partial charge in [-0.2, -0.15) is 0 Å². The molecule has 0 radical (unpaired) electrons. The molecule has 4 atom stereocenters. The number of rotatable bonds is 14. The molecule has 0 spiro atoms. The number of nitrogens with zero attached hydrogens (tertiary/aromatic N) is 2. The van der Waals surface area contributed by atoms with Crippen molar-refractivity contribution in [2.75, 3.05) is 13.1 Å². The molecule has 12 heteroatoms. The standard InChI is InChI=1S/C26H41N7O5/c1-16(2)14-18(27)24(36)33-13-7-11-21(33)23(35)31-19(10-6-12-30-26(28)29)22(34)32-20(25(37)38)15-17-8-4-3-5-9-17/h3-5,8-9,16,18-21H,6-7,10-15,27H2,1-2H3,(H,31,35)(H,32,34)(H,37,38)(H4,28,29,30). The van der Waals surface area contributed by atoms with Gasteiger partial charge in [-0.05, 0) is 43.6 Å². The lowest BCUT2D eigenvalue weighted by Crippen LogP contribution is -2.57. The molecule has 0 saturated carbocycles. The van der Waals surface area contributed by atoms with Gasteiger partial charge in [0.05, 0.1) is 6.04 Å². The zero-order chi connectivity index (χ0) is 28.2. The van der Waals surface area contributed by atoms with E-state index in [1.54, 1.807) is 24.3 Å². The van der Waals surface area contributed by atoms with E-state index in [0.29, 0.717) is 32.2 Å². The summed E-state index contributed by atoms with van der Waals surface area (Å²) in [7, 11) is 0. The van der Waals surface area contributed by atoms with Gasteiger partial charge in [0.2, 0.25) is 17.7 Å². The van der Waals surface area contributed by atoms with Gasteiger partial charge in [-0.25, -0.2) is 4.79 Å². The Bertz CT molecular complexity index is 981. The van der Waals surface area contributed by atoms with Crippen LogP contribution in [0.3, 0.4) is 0 Å². The van der Waals surface area contributed by atoms with Crippen molar-refractivity contribution in [3.05, 3.63) is 35.9 Å². The van der Waals surface area contributed by atoms with Crippen LogP contribution in [0.15, 0.2) is 35.3 Å². The molecule has 38 heavy (non-hydrogen) atoms. The van der Waals surface area contributed by atoms with Gasteiger partial charge in [0.15, 0.2) is 5.96 Å². The Morgan fingerprint density at radius 3 is 2.39 bits per heavy atom. The fourth-order valence-corrected chi connectivity index (χ4v) is 4.49. The third-order valence-electron chi connectivity index (χ3n) is 6.36. The SMILES string of the molecule is CC(C)CC(N)C(=O)N1CCCC1C(=O)NC(CCCN=C(N)N)C(=O)NC(Cc1ccccc1)C(=O)O. The lowest BCUT2D eigenvalue weighted by atomic mass is 10.0. The number of benzene rings is 1. The van der Waals surface area contributed by atoms with Gasteiger partial charge < -0.3 is 37.8 Å². The minimum Gasteiger partial charge on any atom is -0.480 e. The summed E-state index contributed by atoms with van der Waals surface area (Å²) >= 11 is 0. The molecule has 1 aromatic carbocycles. The highest BCUT2D eigenvalue weighted by Crippen LogP contribution is 2.20. The van der Waals surface area contributed by atoms with E-state index in [1.807, 2.05) is 19.9 Å². The highest BCUT2D eigenvalue weighted by molar-refractivity contribution is 5.94. The summed E-state index contributed by atoms with van der Waals surface area (Å²) in [4.78, 5) is 56.6. The van der Waals surface area contributed by atoms with Gasteiger partial charge in [-0.15, -0.1) is 0 Å². The molecule has 1 fully saturated rings. The fourth-order valence-electron chi connectivity index (χ4n) is 4.49. The summed E-state index contributed by atoms with van der Waals surface area (Å²) in [6.07, 6.45) is 2.18. The molecule has 210 valence electrons. The molecule has 0 bridgehead atoms. The van der Waals surface area contributed by atoms with E-state index >= 15 is 0 Å². The average Bonchev–Trinajstić information content (AvgIpc) is 3.35. The molecule has 1 aliphatic rings. The summed E-state index contributed by atoms with van der Waals surface area (Å²) < 4.78 is 0. The van der Waals surface area contributed by atoms with Crippen LogP contribution in [0.1, 0.15) is 51.5 Å². The van der Waals surface area contributed by atoms with Crippen molar-refractivity contribution in [3.8, 4) is 0 Å². The van der Waals surface area contributed by atoms with Crippen LogP contribution in [-0.4, -0.2) is 76.9 Å². The topological polar surface area (TPSA) is 206 Å². The van der Waals surface area contributed by atoms with E-state index < -0.39 is 42.0 Å². The third-order valence-corrected chi connectivity index (χ3v) is 6.36. The molecule has 12 nitrogen and oxygen atoms in total. The van der Waals surface area contributed by atoms with Crippen molar-refractivity contribution in [2.45, 2.75) is 76.5 Å². The number of hydrogen-bond acceptors (Lipinski definition) is 6. The Morgan fingerprint density at radius 1 is 1.11 bits per heavy atom. The molecule has 2 rings (SSSR count). The molecule has 0 aliphatic carbocycles. The number of nitrogens with one attached hydrogen (secondary N) is 2. The number of aliphatic imine (C=N–C) groups is 1. The summed E-state index contributed by atoms with van der Waals surface area (Å²) in [6.45, 7) is 4.57. The molecular formula is C26H41N7O5. The van der Waals surface area contributed by atoms with Crippen LogP contribution in [-0.2, 0) is 25.6 Å². The van der Waals surface area contributed by atoms with Crippen LogP contribution in [0.5, 0.6) is 0 Å².